The van der Waals surface area contributed by atoms with Crippen LogP contribution in [0.4, 0.5) is 0 Å². The van der Waals surface area contributed by atoms with E-state index in [1.807, 2.05) is 0 Å². The lowest BCUT2D eigenvalue weighted by Crippen LogP contribution is -2.30. The van der Waals surface area contributed by atoms with E-state index in [4.69, 9.17) is 21.4 Å². The molecule has 4 nitrogen and oxygen atoms in total. The van der Waals surface area contributed by atoms with Gasteiger partial charge in [0.15, 0.2) is 6.29 Å². The number of hydrogen-bond donors (Lipinski definition) is 4. The van der Waals surface area contributed by atoms with Crippen molar-refractivity contribution in [3.05, 3.63) is 0 Å². The summed E-state index contributed by atoms with van der Waals surface area (Å²) in [5, 5.41) is 23.3. The van der Waals surface area contributed by atoms with Gasteiger partial charge in [0.25, 0.3) is 0 Å². The van der Waals surface area contributed by atoms with Gasteiger partial charge in [-0.25, -0.2) is 0 Å². The molecule has 0 aromatic heterocycles. The molecule has 8 heavy (non-hydrogen) atoms. The average molecular weight is 118 g/mol. The van der Waals surface area contributed by atoms with Crippen molar-refractivity contribution < 1.29 is 10.2 Å². The highest BCUT2D eigenvalue weighted by molar-refractivity contribution is 5.79. The second kappa shape index (κ2) is 2.64. The number of aliphatic hydroxyl groups is 2. The topological polar surface area (TPSA) is 90.3 Å². The third-order valence-corrected chi connectivity index (χ3v) is 0.938. The molecule has 0 aliphatic rings. The third-order valence-electron chi connectivity index (χ3n) is 0.938. The molecule has 4 heteroatoms. The van der Waals surface area contributed by atoms with Gasteiger partial charge in [-0.1, -0.05) is 6.92 Å². The highest BCUT2D eigenvalue weighted by atomic mass is 16.5. The monoisotopic (exact) mass is 118 g/mol. The summed E-state index contributed by atoms with van der Waals surface area (Å²) < 4.78 is 0. The van der Waals surface area contributed by atoms with Crippen molar-refractivity contribution in [2.24, 2.45) is 11.7 Å². The van der Waals surface area contributed by atoms with Crippen molar-refractivity contribution in [3.63, 3.8) is 0 Å². The van der Waals surface area contributed by atoms with Crippen LogP contribution in [0.3, 0.4) is 0 Å². The minimum absolute atomic E-state index is 0.208. The highest BCUT2D eigenvalue weighted by Crippen LogP contribution is 1.96. The Labute approximate surface area is 47.4 Å². The average Bonchev–Trinajstić information content (AvgIpc) is 1.64. The van der Waals surface area contributed by atoms with Gasteiger partial charge >= 0.3 is 0 Å². The summed E-state index contributed by atoms with van der Waals surface area (Å²) in [5.74, 6) is -0.866. The van der Waals surface area contributed by atoms with Gasteiger partial charge in [-0.15, -0.1) is 0 Å². The van der Waals surface area contributed by atoms with E-state index < -0.39 is 12.2 Å². The first-order chi connectivity index (χ1) is 3.55. The molecule has 0 saturated heterocycles. The molecule has 0 radical (unpaired) electrons. The standard InChI is InChI=1S/C4H10N2O2/c1-2(3(5)6)4(7)8/h2,4,7-8H,1H3,(H3,5,6). The number of rotatable bonds is 2. The first-order valence-electron chi connectivity index (χ1n) is 2.25. The first-order valence-corrected chi connectivity index (χ1v) is 2.25. The predicted molar refractivity (Wildman–Crippen MR) is 29.3 cm³/mol. The van der Waals surface area contributed by atoms with Gasteiger partial charge in [-0.3, -0.25) is 5.41 Å². The van der Waals surface area contributed by atoms with Crippen LogP contribution in [0, 0.1) is 11.3 Å². The molecule has 1 unspecified atom stereocenters. The van der Waals surface area contributed by atoms with Crippen LogP contribution in [0.25, 0.3) is 0 Å². The van der Waals surface area contributed by atoms with Crippen molar-refractivity contribution >= 4 is 5.84 Å². The fourth-order valence-corrected chi connectivity index (χ4v) is 0.161. The minimum atomic E-state index is -1.51. The maximum Gasteiger partial charge on any atom is 0.161 e. The molecule has 0 rings (SSSR count). The van der Waals surface area contributed by atoms with E-state index in [1.54, 1.807) is 0 Å². The van der Waals surface area contributed by atoms with E-state index >= 15 is 0 Å². The van der Waals surface area contributed by atoms with E-state index in [0.29, 0.717) is 0 Å². The zero-order chi connectivity index (χ0) is 6.73. The summed E-state index contributed by atoms with van der Waals surface area (Å²) in [7, 11) is 0. The van der Waals surface area contributed by atoms with E-state index in [2.05, 4.69) is 0 Å². The van der Waals surface area contributed by atoms with Crippen LogP contribution in [0.15, 0.2) is 0 Å². The van der Waals surface area contributed by atoms with Gasteiger partial charge in [-0.2, -0.15) is 0 Å². The molecule has 0 aliphatic heterocycles. The summed E-state index contributed by atoms with van der Waals surface area (Å²) >= 11 is 0. The summed E-state index contributed by atoms with van der Waals surface area (Å²) in [6.07, 6.45) is -1.51. The smallest absolute Gasteiger partial charge is 0.161 e. The van der Waals surface area contributed by atoms with Gasteiger partial charge in [0.1, 0.15) is 0 Å². The van der Waals surface area contributed by atoms with Crippen LogP contribution in [-0.4, -0.2) is 22.3 Å². The molecule has 48 valence electrons. The number of hydrogen-bond acceptors (Lipinski definition) is 3. The molecule has 0 aromatic carbocycles. The van der Waals surface area contributed by atoms with Gasteiger partial charge < -0.3 is 15.9 Å². The molecule has 0 amide bonds. The Hall–Kier alpha value is -0.610. The second-order valence-electron chi connectivity index (χ2n) is 1.66. The number of aliphatic hydroxyl groups excluding tert-OH is 1. The molecule has 0 aliphatic carbocycles. The molecular formula is C4H10N2O2. The molecule has 5 N–H and O–H groups in total. The normalized spacial score (nSPS) is 14.0. The van der Waals surface area contributed by atoms with Crippen LogP contribution in [-0.2, 0) is 0 Å². The van der Waals surface area contributed by atoms with Crippen molar-refractivity contribution in [1.29, 1.82) is 5.41 Å². The Morgan fingerprint density at radius 1 is 1.62 bits per heavy atom. The van der Waals surface area contributed by atoms with E-state index in [1.165, 1.54) is 6.92 Å². The quantitative estimate of drug-likeness (QED) is 0.210. The molecule has 0 heterocycles. The van der Waals surface area contributed by atoms with Crippen LogP contribution >= 0.6 is 0 Å². The van der Waals surface area contributed by atoms with Gasteiger partial charge in [0.2, 0.25) is 0 Å². The number of nitrogens with one attached hydrogen (secondary N) is 1. The fourth-order valence-electron chi connectivity index (χ4n) is 0.161. The molecule has 1 atom stereocenters. The molecular weight excluding hydrogens is 108 g/mol. The lowest BCUT2D eigenvalue weighted by atomic mass is 10.1. The SMILES string of the molecule is CC(C(=N)N)C(O)O. The van der Waals surface area contributed by atoms with Crippen molar-refractivity contribution in [2.75, 3.05) is 0 Å². The zero-order valence-corrected chi connectivity index (χ0v) is 4.63. The summed E-state index contributed by atoms with van der Waals surface area (Å²) in [4.78, 5) is 0. The molecule has 0 spiro atoms. The largest absolute Gasteiger partial charge is 0.387 e. The Bertz CT molecular complexity index is 92.0. The summed E-state index contributed by atoms with van der Waals surface area (Å²) in [6.45, 7) is 1.47. The van der Waals surface area contributed by atoms with Crippen molar-refractivity contribution in [3.8, 4) is 0 Å². The van der Waals surface area contributed by atoms with E-state index in [9.17, 15) is 0 Å². The van der Waals surface area contributed by atoms with Gasteiger partial charge in [0.05, 0.1) is 11.8 Å². The van der Waals surface area contributed by atoms with Crippen LogP contribution in [0.5, 0.6) is 0 Å². The molecule has 0 fully saturated rings. The summed E-state index contributed by atoms with van der Waals surface area (Å²) in [5.41, 5.74) is 4.90. The Balaban J connectivity index is 3.64. The Kier molecular flexibility index (Phi) is 2.44. The Morgan fingerprint density at radius 2 is 2.00 bits per heavy atom. The lowest BCUT2D eigenvalue weighted by Gasteiger charge is -2.09. The zero-order valence-electron chi connectivity index (χ0n) is 4.63. The van der Waals surface area contributed by atoms with Crippen LogP contribution < -0.4 is 5.73 Å². The van der Waals surface area contributed by atoms with E-state index in [0.717, 1.165) is 0 Å². The van der Waals surface area contributed by atoms with E-state index in [-0.39, 0.29) is 5.84 Å². The van der Waals surface area contributed by atoms with Crippen LogP contribution in [0.2, 0.25) is 0 Å². The van der Waals surface area contributed by atoms with Crippen LogP contribution in [0.1, 0.15) is 6.92 Å². The fraction of sp³-hybridized carbons (Fsp3) is 0.750. The minimum Gasteiger partial charge on any atom is -0.387 e. The molecule has 0 bridgehead atoms. The highest BCUT2D eigenvalue weighted by Gasteiger charge is 2.11. The maximum atomic E-state index is 8.33. The van der Waals surface area contributed by atoms with Crippen molar-refractivity contribution in [1.82, 2.24) is 0 Å². The maximum absolute atomic E-state index is 8.33. The van der Waals surface area contributed by atoms with Crippen molar-refractivity contribution in [2.45, 2.75) is 13.2 Å². The summed E-state index contributed by atoms with van der Waals surface area (Å²) in [6, 6.07) is 0. The van der Waals surface area contributed by atoms with Gasteiger partial charge in [0, 0.05) is 0 Å². The first kappa shape index (κ1) is 7.39. The predicted octanol–water partition coefficient (Wildman–Crippen LogP) is -1.13. The lowest BCUT2D eigenvalue weighted by molar-refractivity contribution is -0.0603. The Morgan fingerprint density at radius 3 is 2.00 bits per heavy atom. The van der Waals surface area contributed by atoms with Gasteiger partial charge in [-0.05, 0) is 0 Å². The third kappa shape index (κ3) is 1.90. The molecule has 0 saturated carbocycles. The number of nitrogens with two attached hydrogens (primary N) is 1. The second-order valence-corrected chi connectivity index (χ2v) is 1.66. The number of amidine groups is 1. The molecule has 0 aromatic rings.